The number of nitrogens with one attached hydrogen (secondary N) is 3. The zero-order valence-electron chi connectivity index (χ0n) is 18.4. The zero-order valence-corrected chi connectivity index (χ0v) is 18.4. The fraction of sp³-hybridized carbons (Fsp3) is 0.231. The maximum absolute atomic E-state index is 13.3. The third-order valence-corrected chi connectivity index (χ3v) is 5.21. The summed E-state index contributed by atoms with van der Waals surface area (Å²) in [4.78, 5) is 23.2. The number of carbonyl (C=O) groups is 2. The topological polar surface area (TPSA) is 70.2 Å². The van der Waals surface area contributed by atoms with E-state index in [9.17, 15) is 18.4 Å². The Morgan fingerprint density at radius 1 is 0.727 bits per heavy atom. The van der Waals surface area contributed by atoms with E-state index in [-0.39, 0.29) is 29.5 Å². The molecule has 0 saturated carbocycles. The lowest BCUT2D eigenvalue weighted by Crippen LogP contribution is -2.29. The molecule has 0 fully saturated rings. The van der Waals surface area contributed by atoms with Crippen molar-refractivity contribution in [3.05, 3.63) is 95.6 Å². The van der Waals surface area contributed by atoms with Crippen LogP contribution in [0.4, 0.5) is 25.0 Å². The van der Waals surface area contributed by atoms with Crippen molar-refractivity contribution in [2.75, 3.05) is 17.2 Å². The Morgan fingerprint density at radius 3 is 1.70 bits per heavy atom. The molecular weight excluding hydrogens is 424 g/mol. The molecule has 33 heavy (non-hydrogen) atoms. The maximum atomic E-state index is 13.3. The van der Waals surface area contributed by atoms with E-state index >= 15 is 0 Å². The zero-order chi connectivity index (χ0) is 23.6. The van der Waals surface area contributed by atoms with Gasteiger partial charge in [-0.2, -0.15) is 0 Å². The van der Waals surface area contributed by atoms with E-state index in [1.54, 1.807) is 48.5 Å². The van der Waals surface area contributed by atoms with Crippen LogP contribution in [-0.4, -0.2) is 18.5 Å². The minimum absolute atomic E-state index is 0.0159. The molecule has 0 heterocycles. The van der Waals surface area contributed by atoms with Crippen LogP contribution in [0.1, 0.15) is 43.2 Å². The molecule has 0 bridgehead atoms. The highest BCUT2D eigenvalue weighted by atomic mass is 19.1. The average molecular weight is 452 g/mol. The van der Waals surface area contributed by atoms with Crippen molar-refractivity contribution >= 4 is 23.3 Å². The first kappa shape index (κ1) is 23.9. The van der Waals surface area contributed by atoms with Crippen LogP contribution >= 0.6 is 0 Å². The number of anilines is 2. The number of hydrogen-bond donors (Lipinski definition) is 3. The molecule has 0 aliphatic carbocycles. The summed E-state index contributed by atoms with van der Waals surface area (Å²) in [5, 5.41) is 8.25. The van der Waals surface area contributed by atoms with Gasteiger partial charge in [-0.3, -0.25) is 4.79 Å². The molecule has 0 spiro atoms. The molecule has 172 valence electrons. The van der Waals surface area contributed by atoms with Gasteiger partial charge in [0, 0.05) is 30.8 Å². The summed E-state index contributed by atoms with van der Waals surface area (Å²) in [6.07, 6.45) is 2.37. The molecule has 3 aromatic rings. The Kier molecular flexibility index (Phi) is 8.52. The summed E-state index contributed by atoms with van der Waals surface area (Å²) in [5.41, 5.74) is 3.22. The lowest BCUT2D eigenvalue weighted by molar-refractivity contribution is -0.114. The van der Waals surface area contributed by atoms with Crippen LogP contribution in [-0.2, 0) is 4.79 Å². The molecule has 0 atom stereocenters. The number of benzene rings is 3. The van der Waals surface area contributed by atoms with Gasteiger partial charge in [0.2, 0.25) is 5.91 Å². The lowest BCUT2D eigenvalue weighted by Gasteiger charge is -2.18. The minimum Gasteiger partial charge on any atom is -0.338 e. The van der Waals surface area contributed by atoms with Crippen molar-refractivity contribution in [1.29, 1.82) is 0 Å². The molecule has 0 aromatic heterocycles. The van der Waals surface area contributed by atoms with E-state index in [1.807, 2.05) is 0 Å². The van der Waals surface area contributed by atoms with Gasteiger partial charge in [0.25, 0.3) is 0 Å². The molecule has 3 N–H and O–H groups in total. The smallest absolute Gasteiger partial charge is 0.319 e. The number of hydrogen-bond acceptors (Lipinski definition) is 2. The predicted octanol–water partition coefficient (Wildman–Crippen LogP) is 6.05. The third-order valence-electron chi connectivity index (χ3n) is 5.21. The molecule has 0 saturated heterocycles. The quantitative estimate of drug-likeness (QED) is 0.347. The highest BCUT2D eigenvalue weighted by molar-refractivity contribution is 5.91. The first-order valence-corrected chi connectivity index (χ1v) is 10.8. The van der Waals surface area contributed by atoms with E-state index in [0.29, 0.717) is 17.9 Å². The summed E-state index contributed by atoms with van der Waals surface area (Å²) >= 11 is 0. The molecule has 3 amide bonds. The van der Waals surface area contributed by atoms with E-state index in [2.05, 4.69) is 16.0 Å². The van der Waals surface area contributed by atoms with Crippen LogP contribution in [0.2, 0.25) is 0 Å². The van der Waals surface area contributed by atoms with Gasteiger partial charge >= 0.3 is 6.03 Å². The van der Waals surface area contributed by atoms with Gasteiger partial charge in [-0.25, -0.2) is 13.6 Å². The van der Waals surface area contributed by atoms with Crippen LogP contribution in [0.3, 0.4) is 0 Å². The Morgan fingerprint density at radius 2 is 1.21 bits per heavy atom. The van der Waals surface area contributed by atoms with E-state index < -0.39 is 0 Å². The fourth-order valence-electron chi connectivity index (χ4n) is 3.61. The van der Waals surface area contributed by atoms with Crippen molar-refractivity contribution in [3.8, 4) is 0 Å². The van der Waals surface area contributed by atoms with Gasteiger partial charge in [-0.1, -0.05) is 30.7 Å². The standard InChI is InChI=1S/C26H27F2N3O2/c1-18(32)30-23-13-15-24(16-14-23)31-26(33)29-17-3-2-4-25(19-5-9-21(27)10-6-19)20-7-11-22(28)12-8-20/h5-16,25H,2-4,17H2,1H3,(H,30,32)(H2,29,31,33). The summed E-state index contributed by atoms with van der Waals surface area (Å²) in [6, 6.07) is 19.3. The Balaban J connectivity index is 1.47. The molecular formula is C26H27F2N3O2. The number of unbranched alkanes of at least 4 members (excludes halogenated alkanes) is 1. The van der Waals surface area contributed by atoms with E-state index in [4.69, 9.17) is 0 Å². The predicted molar refractivity (Wildman–Crippen MR) is 126 cm³/mol. The molecule has 3 aromatic carbocycles. The first-order valence-electron chi connectivity index (χ1n) is 10.8. The van der Waals surface area contributed by atoms with Crippen molar-refractivity contribution in [3.63, 3.8) is 0 Å². The van der Waals surface area contributed by atoms with Crippen molar-refractivity contribution in [1.82, 2.24) is 5.32 Å². The van der Waals surface area contributed by atoms with E-state index in [0.717, 1.165) is 30.4 Å². The second-order valence-corrected chi connectivity index (χ2v) is 7.79. The molecule has 0 unspecified atom stereocenters. The summed E-state index contributed by atoms with van der Waals surface area (Å²) < 4.78 is 26.7. The van der Waals surface area contributed by atoms with Gasteiger partial charge in [-0.05, 0) is 72.5 Å². The number of urea groups is 1. The largest absolute Gasteiger partial charge is 0.338 e. The lowest BCUT2D eigenvalue weighted by atomic mass is 9.87. The summed E-state index contributed by atoms with van der Waals surface area (Å²) in [5.74, 6) is -0.732. The van der Waals surface area contributed by atoms with E-state index in [1.165, 1.54) is 31.2 Å². The number of amides is 3. The molecule has 0 aliphatic heterocycles. The number of halogens is 2. The van der Waals surface area contributed by atoms with Gasteiger partial charge in [0.05, 0.1) is 0 Å². The van der Waals surface area contributed by atoms with Crippen molar-refractivity contribution in [2.24, 2.45) is 0 Å². The molecule has 0 radical (unpaired) electrons. The molecule has 3 rings (SSSR count). The highest BCUT2D eigenvalue weighted by Crippen LogP contribution is 2.30. The maximum Gasteiger partial charge on any atom is 0.319 e. The average Bonchev–Trinajstić information content (AvgIpc) is 2.79. The van der Waals surface area contributed by atoms with Gasteiger partial charge in [-0.15, -0.1) is 0 Å². The molecule has 5 nitrogen and oxygen atoms in total. The van der Waals surface area contributed by atoms with Crippen LogP contribution < -0.4 is 16.0 Å². The van der Waals surface area contributed by atoms with Crippen molar-refractivity contribution < 1.29 is 18.4 Å². The van der Waals surface area contributed by atoms with Crippen LogP contribution in [0.15, 0.2) is 72.8 Å². The second kappa shape index (κ2) is 11.8. The Bertz CT molecular complexity index is 1010. The second-order valence-electron chi connectivity index (χ2n) is 7.79. The van der Waals surface area contributed by atoms with Gasteiger partial charge in [0.1, 0.15) is 11.6 Å². The summed E-state index contributed by atoms with van der Waals surface area (Å²) in [7, 11) is 0. The molecule has 7 heteroatoms. The SMILES string of the molecule is CC(=O)Nc1ccc(NC(=O)NCCCCC(c2ccc(F)cc2)c2ccc(F)cc2)cc1. The monoisotopic (exact) mass is 451 g/mol. The van der Waals surface area contributed by atoms with Crippen LogP contribution in [0, 0.1) is 11.6 Å². The van der Waals surface area contributed by atoms with Gasteiger partial charge < -0.3 is 16.0 Å². The fourth-order valence-corrected chi connectivity index (χ4v) is 3.61. The van der Waals surface area contributed by atoms with Gasteiger partial charge in [0.15, 0.2) is 0 Å². The van der Waals surface area contributed by atoms with Crippen LogP contribution in [0.25, 0.3) is 0 Å². The Hall–Kier alpha value is -3.74. The Labute approximate surface area is 192 Å². The minimum atomic E-state index is -0.309. The van der Waals surface area contributed by atoms with Crippen LogP contribution in [0.5, 0.6) is 0 Å². The molecule has 0 aliphatic rings. The van der Waals surface area contributed by atoms with Crippen molar-refractivity contribution in [2.45, 2.75) is 32.1 Å². The highest BCUT2D eigenvalue weighted by Gasteiger charge is 2.14. The first-order chi connectivity index (χ1) is 15.9. The number of carbonyl (C=O) groups excluding carboxylic acids is 2. The summed E-state index contributed by atoms with van der Waals surface area (Å²) in [6.45, 7) is 1.93. The third kappa shape index (κ3) is 7.71. The number of rotatable bonds is 9. The normalized spacial score (nSPS) is 10.7.